The number of hydrogen-bond acceptors (Lipinski definition) is 5. The number of aromatic nitrogens is 1. The summed E-state index contributed by atoms with van der Waals surface area (Å²) < 4.78 is 8.80. The second-order valence-electron chi connectivity index (χ2n) is 2.43. The first kappa shape index (κ1) is 10.2. The summed E-state index contributed by atoms with van der Waals surface area (Å²) in [7, 11) is 1.12. The number of ether oxygens (including phenoxy) is 2. The molecule has 0 radical (unpaired) electrons. The molecule has 14 heavy (non-hydrogen) atoms. The average Bonchev–Trinajstić information content (AvgIpc) is 2.26. The van der Waals surface area contributed by atoms with E-state index < -0.39 is 11.9 Å². The summed E-state index contributed by atoms with van der Waals surface area (Å²) in [6.07, 6.45) is 3.15. The summed E-state index contributed by atoms with van der Waals surface area (Å²) in [5.41, 5.74) is 0.713. The van der Waals surface area contributed by atoms with Crippen molar-refractivity contribution in [3.8, 4) is 0 Å². The van der Waals surface area contributed by atoms with Gasteiger partial charge in [-0.05, 0) is 6.07 Å². The Morgan fingerprint density at radius 1 is 1.43 bits per heavy atom. The number of carbonyl (C=O) groups is 2. The minimum atomic E-state index is -1.01. The van der Waals surface area contributed by atoms with Crippen molar-refractivity contribution in [3.63, 3.8) is 0 Å². The van der Waals surface area contributed by atoms with Crippen molar-refractivity contribution in [3.05, 3.63) is 30.1 Å². The first-order valence-electron chi connectivity index (χ1n) is 3.88. The molecule has 74 valence electrons. The van der Waals surface area contributed by atoms with Crippen LogP contribution in [0.25, 0.3) is 0 Å². The van der Waals surface area contributed by atoms with E-state index in [4.69, 9.17) is 0 Å². The maximum absolute atomic E-state index is 10.8. The Morgan fingerprint density at radius 3 is 2.79 bits per heavy atom. The van der Waals surface area contributed by atoms with Crippen molar-refractivity contribution >= 4 is 11.9 Å². The van der Waals surface area contributed by atoms with Gasteiger partial charge in [0.05, 0.1) is 7.11 Å². The molecule has 0 aliphatic rings. The van der Waals surface area contributed by atoms with E-state index in [1.807, 2.05) is 0 Å². The normalized spacial score (nSPS) is 9.21. The van der Waals surface area contributed by atoms with Crippen molar-refractivity contribution in [1.29, 1.82) is 0 Å². The number of nitrogens with zero attached hydrogens (tertiary/aromatic N) is 1. The Morgan fingerprint density at radius 2 is 2.21 bits per heavy atom. The number of esters is 2. The van der Waals surface area contributed by atoms with E-state index in [0.29, 0.717) is 5.56 Å². The Balaban J connectivity index is 2.42. The molecular weight excluding hydrogens is 186 g/mol. The maximum Gasteiger partial charge on any atom is 0.417 e. The molecule has 1 rings (SSSR count). The zero-order valence-electron chi connectivity index (χ0n) is 7.60. The van der Waals surface area contributed by atoms with Crippen LogP contribution < -0.4 is 0 Å². The lowest BCUT2D eigenvalue weighted by molar-refractivity contribution is -0.166. The van der Waals surface area contributed by atoms with Crippen molar-refractivity contribution < 1.29 is 19.1 Å². The van der Waals surface area contributed by atoms with Crippen LogP contribution in [0.5, 0.6) is 0 Å². The van der Waals surface area contributed by atoms with Gasteiger partial charge in [-0.3, -0.25) is 4.98 Å². The Kier molecular flexibility index (Phi) is 3.60. The number of methoxy groups -OCH3 is 1. The Bertz CT molecular complexity index is 323. The van der Waals surface area contributed by atoms with Gasteiger partial charge >= 0.3 is 11.9 Å². The molecule has 0 atom stereocenters. The SMILES string of the molecule is COC(=O)C(=O)OCc1cccnc1. The van der Waals surface area contributed by atoms with Crippen LogP contribution in [0.4, 0.5) is 0 Å². The molecule has 0 unspecified atom stereocenters. The molecule has 0 aliphatic carbocycles. The first-order valence-corrected chi connectivity index (χ1v) is 3.88. The third-order valence-electron chi connectivity index (χ3n) is 1.44. The second-order valence-corrected chi connectivity index (χ2v) is 2.43. The van der Waals surface area contributed by atoms with Gasteiger partial charge in [0, 0.05) is 18.0 Å². The maximum atomic E-state index is 10.8. The Hall–Kier alpha value is -1.91. The highest BCUT2D eigenvalue weighted by Crippen LogP contribution is 1.98. The van der Waals surface area contributed by atoms with Crippen LogP contribution in [-0.2, 0) is 25.7 Å². The zero-order chi connectivity index (χ0) is 10.4. The van der Waals surface area contributed by atoms with Crippen molar-refractivity contribution in [2.45, 2.75) is 6.61 Å². The predicted octanol–water partition coefficient (Wildman–Crippen LogP) is 0.298. The third kappa shape index (κ3) is 2.85. The topological polar surface area (TPSA) is 65.5 Å². The molecule has 0 fully saturated rings. The van der Waals surface area contributed by atoms with E-state index in [2.05, 4.69) is 14.5 Å². The molecule has 0 N–H and O–H groups in total. The molecule has 1 aromatic rings. The Labute approximate surface area is 80.7 Å². The largest absolute Gasteiger partial charge is 0.461 e. The summed E-state index contributed by atoms with van der Waals surface area (Å²) in [6.45, 7) is 0.0156. The highest BCUT2D eigenvalue weighted by molar-refractivity contribution is 6.29. The summed E-state index contributed by atoms with van der Waals surface area (Å²) >= 11 is 0. The standard InChI is InChI=1S/C9H9NO4/c1-13-8(11)9(12)14-6-7-3-2-4-10-5-7/h2-5H,6H2,1H3. The van der Waals surface area contributed by atoms with E-state index in [0.717, 1.165) is 7.11 Å². The number of rotatable bonds is 2. The fourth-order valence-electron chi connectivity index (χ4n) is 0.775. The van der Waals surface area contributed by atoms with Crippen LogP contribution in [0.2, 0.25) is 0 Å². The number of hydrogen-bond donors (Lipinski definition) is 0. The van der Waals surface area contributed by atoms with Gasteiger partial charge in [-0.15, -0.1) is 0 Å². The highest BCUT2D eigenvalue weighted by atomic mass is 16.6. The summed E-state index contributed by atoms with van der Waals surface area (Å²) in [6, 6.07) is 3.44. The van der Waals surface area contributed by atoms with Gasteiger partial charge in [0.25, 0.3) is 0 Å². The molecule has 0 saturated carbocycles. The van der Waals surface area contributed by atoms with E-state index in [9.17, 15) is 9.59 Å². The molecule has 0 amide bonds. The predicted molar refractivity (Wildman–Crippen MR) is 46.0 cm³/mol. The molecule has 1 aromatic heterocycles. The van der Waals surface area contributed by atoms with Crippen LogP contribution in [0.1, 0.15) is 5.56 Å². The summed E-state index contributed by atoms with van der Waals surface area (Å²) in [5.74, 6) is -2.01. The van der Waals surface area contributed by atoms with Crippen LogP contribution >= 0.6 is 0 Å². The lowest BCUT2D eigenvalue weighted by Crippen LogP contribution is -2.18. The van der Waals surface area contributed by atoms with Crippen molar-refractivity contribution in [2.75, 3.05) is 7.11 Å². The van der Waals surface area contributed by atoms with Gasteiger partial charge in [-0.1, -0.05) is 6.07 Å². The summed E-state index contributed by atoms with van der Waals surface area (Å²) in [5, 5.41) is 0. The zero-order valence-corrected chi connectivity index (χ0v) is 7.60. The van der Waals surface area contributed by atoms with E-state index >= 15 is 0 Å². The fraction of sp³-hybridized carbons (Fsp3) is 0.222. The van der Waals surface area contributed by atoms with Gasteiger partial charge in [0.15, 0.2) is 0 Å². The minimum absolute atomic E-state index is 0.0156. The fourth-order valence-corrected chi connectivity index (χ4v) is 0.775. The van der Waals surface area contributed by atoms with Crippen LogP contribution in [-0.4, -0.2) is 24.0 Å². The molecule has 1 heterocycles. The lowest BCUT2D eigenvalue weighted by atomic mass is 10.3. The molecule has 0 aromatic carbocycles. The van der Waals surface area contributed by atoms with Gasteiger partial charge in [0.2, 0.25) is 0 Å². The van der Waals surface area contributed by atoms with Gasteiger partial charge in [-0.25, -0.2) is 9.59 Å². The lowest BCUT2D eigenvalue weighted by Gasteiger charge is -2.01. The van der Waals surface area contributed by atoms with Crippen LogP contribution in [0, 0.1) is 0 Å². The van der Waals surface area contributed by atoms with Crippen LogP contribution in [0.3, 0.4) is 0 Å². The molecule has 5 nitrogen and oxygen atoms in total. The monoisotopic (exact) mass is 195 g/mol. The van der Waals surface area contributed by atoms with Crippen LogP contribution in [0.15, 0.2) is 24.5 Å². The quantitative estimate of drug-likeness (QED) is 0.501. The molecular formula is C9H9NO4. The van der Waals surface area contributed by atoms with E-state index in [1.54, 1.807) is 24.5 Å². The number of carbonyl (C=O) groups excluding carboxylic acids is 2. The average molecular weight is 195 g/mol. The van der Waals surface area contributed by atoms with Crippen molar-refractivity contribution in [2.24, 2.45) is 0 Å². The van der Waals surface area contributed by atoms with E-state index in [-0.39, 0.29) is 6.61 Å². The smallest absolute Gasteiger partial charge is 0.417 e. The molecule has 0 saturated heterocycles. The van der Waals surface area contributed by atoms with Gasteiger partial charge < -0.3 is 9.47 Å². The minimum Gasteiger partial charge on any atom is -0.461 e. The highest BCUT2D eigenvalue weighted by Gasteiger charge is 2.15. The summed E-state index contributed by atoms with van der Waals surface area (Å²) in [4.78, 5) is 25.3. The molecule has 0 aliphatic heterocycles. The van der Waals surface area contributed by atoms with Crippen molar-refractivity contribution in [1.82, 2.24) is 4.98 Å². The van der Waals surface area contributed by atoms with Gasteiger partial charge in [-0.2, -0.15) is 0 Å². The third-order valence-corrected chi connectivity index (χ3v) is 1.44. The molecule has 0 spiro atoms. The number of pyridine rings is 1. The first-order chi connectivity index (χ1) is 6.74. The van der Waals surface area contributed by atoms with E-state index in [1.165, 1.54) is 0 Å². The van der Waals surface area contributed by atoms with Gasteiger partial charge in [0.1, 0.15) is 6.61 Å². The molecule has 5 heteroatoms. The second kappa shape index (κ2) is 4.96. The molecule has 0 bridgehead atoms.